The van der Waals surface area contributed by atoms with E-state index in [9.17, 15) is 9.59 Å². The number of aromatic amines is 1. The smallest absolute Gasteiger partial charge is 0.343 e. The summed E-state index contributed by atoms with van der Waals surface area (Å²) in [6, 6.07) is 9.35. The van der Waals surface area contributed by atoms with Gasteiger partial charge in [-0.2, -0.15) is 5.10 Å². The maximum Gasteiger partial charge on any atom is 0.343 e. The van der Waals surface area contributed by atoms with Crippen LogP contribution in [0.1, 0.15) is 36.2 Å². The topological polar surface area (TPSA) is 102 Å². The largest absolute Gasteiger partial charge is 0.493 e. The third kappa shape index (κ3) is 4.83. The van der Waals surface area contributed by atoms with Crippen molar-refractivity contribution >= 4 is 34.7 Å². The lowest BCUT2D eigenvalue weighted by atomic mass is 10.0. The van der Waals surface area contributed by atoms with Gasteiger partial charge in [0, 0.05) is 13.0 Å². The third-order valence-corrected chi connectivity index (χ3v) is 7.14. The second-order valence-electron chi connectivity index (χ2n) is 7.35. The number of hydrogen-bond donors (Lipinski definition) is 1. The molecule has 0 saturated heterocycles. The average molecular weight is 488 g/mol. The number of H-pyrrole nitrogens is 1. The van der Waals surface area contributed by atoms with Crippen LogP contribution in [-0.2, 0) is 11.3 Å². The Morgan fingerprint density at radius 3 is 2.79 bits per heavy atom. The van der Waals surface area contributed by atoms with Gasteiger partial charge in [0.05, 0.1) is 36.6 Å². The molecule has 3 aromatic rings. The minimum atomic E-state index is -0.271. The van der Waals surface area contributed by atoms with Crippen molar-refractivity contribution in [2.24, 2.45) is 5.10 Å². The van der Waals surface area contributed by atoms with Crippen LogP contribution in [0.25, 0.3) is 0 Å². The van der Waals surface area contributed by atoms with E-state index in [2.05, 4.69) is 10.2 Å². The van der Waals surface area contributed by atoms with Crippen LogP contribution < -0.4 is 15.2 Å². The number of amides is 1. The normalized spacial score (nSPS) is 15.5. The monoisotopic (exact) mass is 487 g/mol. The molecule has 1 aliphatic heterocycles. The molecule has 11 heteroatoms. The minimum Gasteiger partial charge on any atom is -0.493 e. The molecule has 1 aromatic carbocycles. The quantitative estimate of drug-likeness (QED) is 0.464. The first kappa shape index (κ1) is 23.1. The zero-order valence-corrected chi connectivity index (χ0v) is 20.2. The molecule has 2 aromatic heterocycles. The average Bonchev–Trinajstić information content (AvgIpc) is 3.58. The fourth-order valence-electron chi connectivity index (χ4n) is 3.68. The number of carbonyl (C=O) groups is 1. The number of thioether (sulfide) groups is 1. The van der Waals surface area contributed by atoms with Crippen molar-refractivity contribution in [3.63, 3.8) is 0 Å². The van der Waals surface area contributed by atoms with Crippen LogP contribution in [0.5, 0.6) is 11.5 Å². The number of rotatable bonds is 9. The number of methoxy groups -OCH3 is 2. The molecule has 1 aliphatic rings. The van der Waals surface area contributed by atoms with Crippen molar-refractivity contribution in [3.05, 3.63) is 56.6 Å². The number of thiophene rings is 1. The second kappa shape index (κ2) is 10.3. The van der Waals surface area contributed by atoms with Gasteiger partial charge in [-0.1, -0.05) is 30.8 Å². The number of hydrogen-bond acceptors (Lipinski definition) is 8. The minimum absolute atomic E-state index is 0.110. The van der Waals surface area contributed by atoms with E-state index >= 15 is 0 Å². The summed E-state index contributed by atoms with van der Waals surface area (Å²) in [6.07, 6.45) is 1.39. The van der Waals surface area contributed by atoms with Crippen LogP contribution in [0.3, 0.4) is 0 Å². The van der Waals surface area contributed by atoms with E-state index in [1.54, 1.807) is 30.1 Å². The van der Waals surface area contributed by atoms with Gasteiger partial charge in [-0.15, -0.1) is 16.4 Å². The number of carbonyl (C=O) groups excluding carboxylic acids is 1. The first-order valence-electron chi connectivity index (χ1n) is 10.5. The van der Waals surface area contributed by atoms with Crippen molar-refractivity contribution in [1.82, 2.24) is 19.8 Å². The molecule has 174 valence electrons. The Kier molecular flexibility index (Phi) is 7.19. The molecule has 4 rings (SSSR count). The Hall–Kier alpha value is -3.05. The van der Waals surface area contributed by atoms with Crippen LogP contribution in [-0.4, -0.2) is 51.4 Å². The van der Waals surface area contributed by atoms with Crippen LogP contribution in [0.15, 0.2) is 50.8 Å². The van der Waals surface area contributed by atoms with Gasteiger partial charge in [-0.3, -0.25) is 9.36 Å². The number of nitrogens with one attached hydrogen (secondary N) is 1. The zero-order chi connectivity index (χ0) is 23.4. The highest BCUT2D eigenvalue weighted by molar-refractivity contribution is 7.99. The Labute approximate surface area is 199 Å². The van der Waals surface area contributed by atoms with Crippen molar-refractivity contribution < 1.29 is 14.3 Å². The van der Waals surface area contributed by atoms with E-state index in [-0.39, 0.29) is 23.4 Å². The predicted molar refractivity (Wildman–Crippen MR) is 128 cm³/mol. The summed E-state index contributed by atoms with van der Waals surface area (Å²) in [5, 5.41) is 15.2. The van der Waals surface area contributed by atoms with Crippen LogP contribution >= 0.6 is 23.1 Å². The molecule has 1 amide bonds. The van der Waals surface area contributed by atoms with Crippen LogP contribution in [0, 0.1) is 0 Å². The molecule has 33 heavy (non-hydrogen) atoms. The lowest BCUT2D eigenvalue weighted by molar-refractivity contribution is -0.130. The molecular weight excluding hydrogens is 462 g/mol. The molecular formula is C22H25N5O4S2. The van der Waals surface area contributed by atoms with Gasteiger partial charge in [0.15, 0.2) is 16.7 Å². The van der Waals surface area contributed by atoms with E-state index in [1.807, 2.05) is 42.6 Å². The maximum absolute atomic E-state index is 13.3. The van der Waals surface area contributed by atoms with Crippen molar-refractivity contribution in [3.8, 4) is 11.5 Å². The van der Waals surface area contributed by atoms with Gasteiger partial charge in [0.1, 0.15) is 0 Å². The van der Waals surface area contributed by atoms with E-state index in [0.717, 1.165) is 22.6 Å². The molecule has 1 unspecified atom stereocenters. The summed E-state index contributed by atoms with van der Waals surface area (Å²) in [6.45, 7) is 2.53. The first-order chi connectivity index (χ1) is 16.0. The molecule has 1 N–H and O–H groups in total. The number of ether oxygens (including phenoxy) is 2. The number of hydrazone groups is 1. The fourth-order valence-corrected chi connectivity index (χ4v) is 5.22. The van der Waals surface area contributed by atoms with Gasteiger partial charge in [-0.25, -0.2) is 14.9 Å². The molecule has 0 fully saturated rings. The maximum atomic E-state index is 13.3. The van der Waals surface area contributed by atoms with Crippen molar-refractivity contribution in [2.45, 2.75) is 37.5 Å². The molecule has 0 saturated carbocycles. The lowest BCUT2D eigenvalue weighted by Gasteiger charge is -2.22. The van der Waals surface area contributed by atoms with E-state index in [0.29, 0.717) is 29.6 Å². The van der Waals surface area contributed by atoms with Crippen LogP contribution in [0.4, 0.5) is 0 Å². The van der Waals surface area contributed by atoms with Gasteiger partial charge in [0.25, 0.3) is 5.91 Å². The predicted octanol–water partition coefficient (Wildman–Crippen LogP) is 3.53. The Balaban J connectivity index is 1.59. The highest BCUT2D eigenvalue weighted by Crippen LogP contribution is 2.38. The molecule has 3 heterocycles. The molecule has 1 atom stereocenters. The SMILES string of the molecule is CCCn1c(SCC(=O)N2N=C(c3cccs3)CC2c2ccc(OC)c(OC)c2)n[nH]c1=O. The molecule has 0 radical (unpaired) electrons. The van der Waals surface area contributed by atoms with Crippen molar-refractivity contribution in [1.29, 1.82) is 0 Å². The summed E-state index contributed by atoms with van der Waals surface area (Å²) in [5.41, 5.74) is 1.50. The van der Waals surface area contributed by atoms with Gasteiger partial charge in [0.2, 0.25) is 0 Å². The van der Waals surface area contributed by atoms with E-state index in [4.69, 9.17) is 14.6 Å². The lowest BCUT2D eigenvalue weighted by Crippen LogP contribution is -2.29. The first-order valence-corrected chi connectivity index (χ1v) is 12.4. The number of aromatic nitrogens is 3. The highest BCUT2D eigenvalue weighted by atomic mass is 32.2. The summed E-state index contributed by atoms with van der Waals surface area (Å²) < 4.78 is 12.4. The Morgan fingerprint density at radius 2 is 2.09 bits per heavy atom. The second-order valence-corrected chi connectivity index (χ2v) is 9.24. The zero-order valence-electron chi connectivity index (χ0n) is 18.6. The molecule has 9 nitrogen and oxygen atoms in total. The number of benzene rings is 1. The Morgan fingerprint density at radius 1 is 1.27 bits per heavy atom. The summed E-state index contributed by atoms with van der Waals surface area (Å²) in [4.78, 5) is 26.3. The number of nitrogens with zero attached hydrogens (tertiary/aromatic N) is 4. The summed E-state index contributed by atoms with van der Waals surface area (Å²) in [7, 11) is 3.18. The van der Waals surface area contributed by atoms with Gasteiger partial charge >= 0.3 is 5.69 Å². The molecule has 0 bridgehead atoms. The molecule has 0 aliphatic carbocycles. The van der Waals surface area contributed by atoms with Gasteiger partial charge in [-0.05, 0) is 35.6 Å². The van der Waals surface area contributed by atoms with Crippen LogP contribution in [0.2, 0.25) is 0 Å². The van der Waals surface area contributed by atoms with Crippen molar-refractivity contribution in [2.75, 3.05) is 20.0 Å². The third-order valence-electron chi connectivity index (χ3n) is 5.26. The van der Waals surface area contributed by atoms with E-state index < -0.39 is 0 Å². The standard InChI is InChI=1S/C22H25N5O4S2/c1-4-9-26-21(29)23-24-22(26)33-13-20(28)27-16(12-15(25-27)19-6-5-10-32-19)14-7-8-17(30-2)18(11-14)31-3/h5-8,10-11,16H,4,9,12-13H2,1-3H3,(H,23,29). The summed E-state index contributed by atoms with van der Waals surface area (Å²) >= 11 is 2.82. The van der Waals surface area contributed by atoms with Gasteiger partial charge < -0.3 is 9.47 Å². The summed E-state index contributed by atoms with van der Waals surface area (Å²) in [5.74, 6) is 1.17. The Bertz CT molecular complexity index is 1200. The molecule has 0 spiro atoms. The fraction of sp³-hybridized carbons (Fsp3) is 0.364. The highest BCUT2D eigenvalue weighted by Gasteiger charge is 2.34. The van der Waals surface area contributed by atoms with E-state index in [1.165, 1.54) is 16.8 Å².